The van der Waals surface area contributed by atoms with E-state index in [4.69, 9.17) is 11.6 Å². The quantitative estimate of drug-likeness (QED) is 0.756. The Balaban J connectivity index is 1.87. The van der Waals surface area contributed by atoms with Gasteiger partial charge in [-0.1, -0.05) is 33.6 Å². The SMILES string of the molecule is CN(Cc1ccc(Cl)cc1F)CC1CC(Br)C1. The molecule has 2 rings (SSSR count). The number of nitrogens with zero attached hydrogens (tertiary/aromatic N) is 1. The van der Waals surface area contributed by atoms with E-state index in [1.54, 1.807) is 12.1 Å². The van der Waals surface area contributed by atoms with Crippen LogP contribution >= 0.6 is 27.5 Å². The number of benzene rings is 1. The van der Waals surface area contributed by atoms with Gasteiger partial charge in [0.1, 0.15) is 5.82 Å². The Kier molecular flexibility index (Phi) is 4.45. The molecule has 0 aromatic heterocycles. The summed E-state index contributed by atoms with van der Waals surface area (Å²) in [6, 6.07) is 4.89. The molecule has 0 radical (unpaired) electrons. The lowest BCUT2D eigenvalue weighted by atomic mass is 9.85. The van der Waals surface area contributed by atoms with Gasteiger partial charge in [-0.3, -0.25) is 0 Å². The molecule has 4 heteroatoms. The summed E-state index contributed by atoms with van der Waals surface area (Å²) in [5.74, 6) is 0.538. The van der Waals surface area contributed by atoms with Crippen LogP contribution in [0.3, 0.4) is 0 Å². The average molecular weight is 321 g/mol. The fourth-order valence-corrected chi connectivity index (χ4v) is 3.47. The maximum atomic E-state index is 13.6. The second kappa shape index (κ2) is 5.68. The Morgan fingerprint density at radius 2 is 2.18 bits per heavy atom. The molecule has 0 unspecified atom stereocenters. The first-order chi connectivity index (χ1) is 8.04. The molecule has 1 aromatic rings. The van der Waals surface area contributed by atoms with Crippen molar-refractivity contribution >= 4 is 27.5 Å². The summed E-state index contributed by atoms with van der Waals surface area (Å²) < 4.78 is 13.6. The average Bonchev–Trinajstić information content (AvgIpc) is 2.20. The van der Waals surface area contributed by atoms with Gasteiger partial charge in [0.05, 0.1) is 0 Å². The molecule has 0 saturated heterocycles. The second-order valence-corrected chi connectivity index (χ2v) is 6.60. The second-order valence-electron chi connectivity index (χ2n) is 4.87. The zero-order valence-corrected chi connectivity index (χ0v) is 12.1. The number of alkyl halides is 1. The Morgan fingerprint density at radius 1 is 1.47 bits per heavy atom. The summed E-state index contributed by atoms with van der Waals surface area (Å²) in [6.45, 7) is 1.68. The van der Waals surface area contributed by atoms with E-state index in [0.29, 0.717) is 22.0 Å². The van der Waals surface area contributed by atoms with Gasteiger partial charge in [0.2, 0.25) is 0 Å². The van der Waals surface area contributed by atoms with E-state index in [1.165, 1.54) is 18.9 Å². The summed E-state index contributed by atoms with van der Waals surface area (Å²) in [6.07, 6.45) is 2.46. The molecule has 0 aliphatic heterocycles. The zero-order chi connectivity index (χ0) is 12.4. The lowest BCUT2D eigenvalue weighted by molar-refractivity contribution is 0.206. The largest absolute Gasteiger partial charge is 0.302 e. The molecule has 0 bridgehead atoms. The van der Waals surface area contributed by atoms with Crippen LogP contribution in [0.1, 0.15) is 18.4 Å². The number of halogens is 3. The highest BCUT2D eigenvalue weighted by molar-refractivity contribution is 9.09. The van der Waals surface area contributed by atoms with Crippen molar-refractivity contribution in [2.75, 3.05) is 13.6 Å². The summed E-state index contributed by atoms with van der Waals surface area (Å²) >= 11 is 9.31. The predicted octanol–water partition coefficient (Wildman–Crippen LogP) is 4.08. The standard InChI is InChI=1S/C13H16BrClFN/c1-17(7-9-4-11(14)5-9)8-10-2-3-12(15)6-13(10)16/h2-3,6,9,11H,4-5,7-8H2,1H3. The molecule has 17 heavy (non-hydrogen) atoms. The van der Waals surface area contributed by atoms with Crippen molar-refractivity contribution < 1.29 is 4.39 Å². The van der Waals surface area contributed by atoms with Crippen molar-refractivity contribution in [2.24, 2.45) is 5.92 Å². The van der Waals surface area contributed by atoms with Gasteiger partial charge < -0.3 is 4.90 Å². The van der Waals surface area contributed by atoms with E-state index in [9.17, 15) is 4.39 Å². The van der Waals surface area contributed by atoms with Crippen LogP contribution in [0.4, 0.5) is 4.39 Å². The molecule has 1 fully saturated rings. The van der Waals surface area contributed by atoms with Crippen molar-refractivity contribution in [1.29, 1.82) is 0 Å². The number of hydrogen-bond acceptors (Lipinski definition) is 1. The molecule has 0 spiro atoms. The van der Waals surface area contributed by atoms with Gasteiger partial charge in [0.15, 0.2) is 0 Å². The highest BCUT2D eigenvalue weighted by atomic mass is 79.9. The van der Waals surface area contributed by atoms with Crippen molar-refractivity contribution in [3.63, 3.8) is 0 Å². The third-order valence-electron chi connectivity index (χ3n) is 3.20. The fourth-order valence-electron chi connectivity index (χ4n) is 2.25. The fraction of sp³-hybridized carbons (Fsp3) is 0.538. The molecule has 0 N–H and O–H groups in total. The molecule has 1 nitrogen and oxygen atoms in total. The molecule has 1 saturated carbocycles. The molecular weight excluding hydrogens is 305 g/mol. The topological polar surface area (TPSA) is 3.24 Å². The van der Waals surface area contributed by atoms with Crippen molar-refractivity contribution in [2.45, 2.75) is 24.2 Å². The number of rotatable bonds is 4. The maximum Gasteiger partial charge on any atom is 0.129 e. The van der Waals surface area contributed by atoms with Crippen LogP contribution in [0, 0.1) is 11.7 Å². The van der Waals surface area contributed by atoms with Gasteiger partial charge in [-0.2, -0.15) is 0 Å². The molecule has 0 heterocycles. The van der Waals surface area contributed by atoms with Crippen molar-refractivity contribution in [3.8, 4) is 0 Å². The van der Waals surface area contributed by atoms with Crippen molar-refractivity contribution in [3.05, 3.63) is 34.6 Å². The zero-order valence-electron chi connectivity index (χ0n) is 9.80. The molecule has 1 aliphatic carbocycles. The minimum absolute atomic E-state index is 0.212. The van der Waals surface area contributed by atoms with Gasteiger partial charge in [-0.05, 0) is 37.9 Å². The van der Waals surface area contributed by atoms with Crippen LogP contribution in [0.5, 0.6) is 0 Å². The Bertz CT molecular complexity index is 393. The van der Waals surface area contributed by atoms with Crippen molar-refractivity contribution in [1.82, 2.24) is 4.90 Å². The van der Waals surface area contributed by atoms with Crippen LogP contribution in [0.25, 0.3) is 0 Å². The first-order valence-corrected chi connectivity index (χ1v) is 7.10. The summed E-state index contributed by atoms with van der Waals surface area (Å²) in [5, 5.41) is 0.454. The van der Waals surface area contributed by atoms with Crippen LogP contribution < -0.4 is 0 Å². The molecule has 1 aromatic carbocycles. The number of hydrogen-bond donors (Lipinski definition) is 0. The molecule has 0 atom stereocenters. The minimum Gasteiger partial charge on any atom is -0.302 e. The molecule has 94 valence electrons. The van der Waals surface area contributed by atoms with Gasteiger partial charge in [0, 0.05) is 28.5 Å². The predicted molar refractivity (Wildman–Crippen MR) is 73.2 cm³/mol. The monoisotopic (exact) mass is 319 g/mol. The van der Waals surface area contributed by atoms with Gasteiger partial charge in [-0.15, -0.1) is 0 Å². The summed E-state index contributed by atoms with van der Waals surface area (Å²) in [4.78, 5) is 2.86. The van der Waals surface area contributed by atoms with E-state index < -0.39 is 0 Å². The van der Waals surface area contributed by atoms with Gasteiger partial charge in [0.25, 0.3) is 0 Å². The van der Waals surface area contributed by atoms with E-state index in [1.807, 2.05) is 7.05 Å². The van der Waals surface area contributed by atoms with Gasteiger partial charge in [-0.25, -0.2) is 4.39 Å². The van der Waals surface area contributed by atoms with E-state index >= 15 is 0 Å². The highest BCUT2D eigenvalue weighted by Gasteiger charge is 2.27. The van der Waals surface area contributed by atoms with E-state index in [-0.39, 0.29) is 5.82 Å². The molecule has 1 aliphatic rings. The lowest BCUT2D eigenvalue weighted by Gasteiger charge is -2.34. The minimum atomic E-state index is -0.212. The lowest BCUT2D eigenvalue weighted by Crippen LogP contribution is -2.34. The normalized spacial score (nSPS) is 23.8. The first-order valence-electron chi connectivity index (χ1n) is 5.81. The Hall–Kier alpha value is -0.120. The first kappa shape index (κ1) is 13.3. The van der Waals surface area contributed by atoms with Gasteiger partial charge >= 0.3 is 0 Å². The van der Waals surface area contributed by atoms with Crippen LogP contribution in [-0.4, -0.2) is 23.3 Å². The van der Waals surface area contributed by atoms with Crippen LogP contribution in [0.2, 0.25) is 5.02 Å². The van der Waals surface area contributed by atoms with E-state index in [2.05, 4.69) is 20.8 Å². The van der Waals surface area contributed by atoms with Crippen LogP contribution in [-0.2, 0) is 6.54 Å². The van der Waals surface area contributed by atoms with E-state index in [0.717, 1.165) is 12.5 Å². The van der Waals surface area contributed by atoms with Crippen LogP contribution in [0.15, 0.2) is 18.2 Å². The molecular formula is C13H16BrClFN. The smallest absolute Gasteiger partial charge is 0.129 e. The summed E-state index contributed by atoms with van der Waals surface area (Å²) in [5.41, 5.74) is 0.714. The maximum absolute atomic E-state index is 13.6. The summed E-state index contributed by atoms with van der Waals surface area (Å²) in [7, 11) is 2.04. The molecule has 0 amide bonds. The Labute approximate surface area is 115 Å². The third-order valence-corrected chi connectivity index (χ3v) is 4.19. The highest BCUT2D eigenvalue weighted by Crippen LogP contribution is 2.33. The third kappa shape index (κ3) is 3.67. The Morgan fingerprint density at radius 3 is 2.76 bits per heavy atom.